The number of likely N-dealkylation sites (tertiary alicyclic amines) is 1. The van der Waals surface area contributed by atoms with Gasteiger partial charge in [0, 0.05) is 31.5 Å². The number of nitrogens with zero attached hydrogens (tertiary/aromatic N) is 5. The number of benzene rings is 1. The molecule has 5 rings (SSSR count). The molecule has 1 aliphatic heterocycles. The average Bonchev–Trinajstić information content (AvgIpc) is 3.56. The van der Waals surface area contributed by atoms with E-state index < -0.39 is 23.8 Å². The van der Waals surface area contributed by atoms with E-state index >= 15 is 0 Å². The van der Waals surface area contributed by atoms with E-state index in [0.717, 1.165) is 6.20 Å². The predicted octanol–water partition coefficient (Wildman–Crippen LogP) is 2.36. The van der Waals surface area contributed by atoms with Crippen LogP contribution in [0.2, 0.25) is 5.02 Å². The van der Waals surface area contributed by atoms with E-state index in [0.29, 0.717) is 13.1 Å². The molecular formula is C24H21ClF3N9O4. The third-order valence-corrected chi connectivity index (χ3v) is 6.70. The standard InChI is InChI=1S/C24H21ClF3N9O4/c1-11(23(40)36-8-12(29)9-36)33-22(39)13-2-3-15(18(17(13)25)41-10-38)34-20-21-31-7-16(37(21)5-4-30-20)14-6-32-35-19(14)24(26,27)28/h2-7,10-12H,8-9,29H2,1H3,(H,30,34)(H,32,35)(H,33,39)/t11-/m1/s1. The quantitative estimate of drug-likeness (QED) is 0.224. The molecule has 4 heterocycles. The number of rotatable bonds is 8. The molecule has 1 atom stereocenters. The topological polar surface area (TPSA) is 173 Å². The summed E-state index contributed by atoms with van der Waals surface area (Å²) in [6.45, 7) is 2.40. The van der Waals surface area contributed by atoms with Crippen LogP contribution in [-0.4, -0.2) is 72.9 Å². The number of ether oxygens (including phenoxy) is 1. The fraction of sp³-hybridized carbons (Fsp3) is 0.250. The number of H-pyrrole nitrogens is 1. The Balaban J connectivity index is 1.43. The van der Waals surface area contributed by atoms with Gasteiger partial charge in [0.15, 0.2) is 17.2 Å². The largest absolute Gasteiger partial charge is 0.433 e. The number of alkyl halides is 3. The summed E-state index contributed by atoms with van der Waals surface area (Å²) in [5.41, 5.74) is 4.67. The van der Waals surface area contributed by atoms with Gasteiger partial charge in [0.25, 0.3) is 12.4 Å². The van der Waals surface area contributed by atoms with Crippen LogP contribution in [0.15, 0.2) is 36.9 Å². The molecule has 0 bridgehead atoms. The maximum absolute atomic E-state index is 13.4. The highest BCUT2D eigenvalue weighted by atomic mass is 35.5. The molecule has 2 amide bonds. The van der Waals surface area contributed by atoms with Gasteiger partial charge in [-0.1, -0.05) is 11.6 Å². The first-order valence-corrected chi connectivity index (χ1v) is 12.4. The van der Waals surface area contributed by atoms with Crippen LogP contribution >= 0.6 is 11.6 Å². The van der Waals surface area contributed by atoms with Gasteiger partial charge in [-0.3, -0.25) is 23.9 Å². The monoisotopic (exact) mass is 591 g/mol. The minimum absolute atomic E-state index is 0.0757. The lowest BCUT2D eigenvalue weighted by Gasteiger charge is -2.38. The first-order valence-electron chi connectivity index (χ1n) is 12.0. The van der Waals surface area contributed by atoms with Crippen molar-refractivity contribution < 1.29 is 32.3 Å². The van der Waals surface area contributed by atoms with Crippen LogP contribution in [-0.2, 0) is 15.8 Å². The number of nitrogens with two attached hydrogens (primary N) is 1. The van der Waals surface area contributed by atoms with Gasteiger partial charge in [-0.15, -0.1) is 0 Å². The molecule has 0 aliphatic carbocycles. The summed E-state index contributed by atoms with van der Waals surface area (Å²) in [5.74, 6) is -1.16. The second-order valence-electron chi connectivity index (χ2n) is 9.11. The van der Waals surface area contributed by atoms with E-state index in [-0.39, 0.29) is 63.2 Å². The number of fused-ring (bicyclic) bond motifs is 1. The van der Waals surface area contributed by atoms with Crippen LogP contribution < -0.4 is 21.1 Å². The van der Waals surface area contributed by atoms with Crippen molar-refractivity contribution in [3.8, 4) is 17.0 Å². The molecule has 1 saturated heterocycles. The summed E-state index contributed by atoms with van der Waals surface area (Å²) in [5, 5.41) is 10.7. The third-order valence-electron chi connectivity index (χ3n) is 6.33. The number of amides is 2. The van der Waals surface area contributed by atoms with Gasteiger partial charge in [0.2, 0.25) is 5.91 Å². The molecule has 17 heteroatoms. The molecule has 214 valence electrons. The van der Waals surface area contributed by atoms with E-state index in [2.05, 4.69) is 25.7 Å². The van der Waals surface area contributed by atoms with Crippen molar-refractivity contribution in [3.63, 3.8) is 0 Å². The number of carbonyl (C=O) groups excluding carboxylic acids is 3. The molecule has 1 fully saturated rings. The number of halogens is 4. The van der Waals surface area contributed by atoms with Crippen LogP contribution in [0.25, 0.3) is 16.9 Å². The molecule has 0 saturated carbocycles. The summed E-state index contributed by atoms with van der Waals surface area (Å²) in [7, 11) is 0. The van der Waals surface area contributed by atoms with Crippen molar-refractivity contribution >= 4 is 47.0 Å². The Morgan fingerprint density at radius 3 is 2.71 bits per heavy atom. The molecule has 1 aromatic carbocycles. The minimum Gasteiger partial charge on any atom is -0.425 e. The molecule has 0 unspecified atom stereocenters. The first kappa shape index (κ1) is 27.9. The minimum atomic E-state index is -4.68. The lowest BCUT2D eigenvalue weighted by atomic mass is 10.1. The maximum Gasteiger partial charge on any atom is 0.433 e. The summed E-state index contributed by atoms with van der Waals surface area (Å²) < 4.78 is 46.7. The Hall–Kier alpha value is -4.70. The second kappa shape index (κ2) is 10.7. The van der Waals surface area contributed by atoms with Crippen LogP contribution in [0.4, 0.5) is 24.7 Å². The molecular weight excluding hydrogens is 571 g/mol. The Labute approximate surface area is 233 Å². The van der Waals surface area contributed by atoms with Gasteiger partial charge in [0.1, 0.15) is 11.7 Å². The molecule has 41 heavy (non-hydrogen) atoms. The van der Waals surface area contributed by atoms with E-state index in [9.17, 15) is 27.6 Å². The first-order chi connectivity index (χ1) is 19.5. The number of anilines is 2. The van der Waals surface area contributed by atoms with Crippen molar-refractivity contribution in [2.45, 2.75) is 25.2 Å². The van der Waals surface area contributed by atoms with Crippen molar-refractivity contribution in [3.05, 3.63) is 53.2 Å². The van der Waals surface area contributed by atoms with Crippen molar-refractivity contribution in [1.29, 1.82) is 0 Å². The predicted molar refractivity (Wildman–Crippen MR) is 138 cm³/mol. The summed E-state index contributed by atoms with van der Waals surface area (Å²) in [6.07, 6.45) is 0.314. The third kappa shape index (κ3) is 5.26. The van der Waals surface area contributed by atoms with Crippen LogP contribution in [0.5, 0.6) is 5.75 Å². The van der Waals surface area contributed by atoms with E-state index in [1.165, 1.54) is 46.9 Å². The van der Waals surface area contributed by atoms with Crippen molar-refractivity contribution in [2.24, 2.45) is 5.73 Å². The normalized spacial score (nSPS) is 14.4. The molecule has 1 aliphatic rings. The number of aromatic amines is 1. The zero-order valence-corrected chi connectivity index (χ0v) is 21.8. The van der Waals surface area contributed by atoms with E-state index in [1.54, 1.807) is 0 Å². The van der Waals surface area contributed by atoms with Crippen molar-refractivity contribution in [1.82, 2.24) is 34.8 Å². The molecule has 3 aromatic heterocycles. The van der Waals surface area contributed by atoms with Gasteiger partial charge >= 0.3 is 6.18 Å². The molecule has 0 radical (unpaired) electrons. The molecule has 0 spiro atoms. The maximum atomic E-state index is 13.4. The van der Waals surface area contributed by atoms with Crippen LogP contribution in [0, 0.1) is 0 Å². The van der Waals surface area contributed by atoms with E-state index in [1.807, 2.05) is 5.10 Å². The summed E-state index contributed by atoms with van der Waals surface area (Å²) in [4.78, 5) is 46.6. The Morgan fingerprint density at radius 1 is 1.27 bits per heavy atom. The number of hydrogen-bond acceptors (Lipinski definition) is 9. The number of aromatic nitrogens is 5. The molecule has 13 nitrogen and oxygen atoms in total. The highest BCUT2D eigenvalue weighted by Crippen LogP contribution is 2.39. The number of carbonyl (C=O) groups is 3. The highest BCUT2D eigenvalue weighted by Gasteiger charge is 2.37. The lowest BCUT2D eigenvalue weighted by molar-refractivity contribution is -0.140. The average molecular weight is 592 g/mol. The fourth-order valence-corrected chi connectivity index (χ4v) is 4.62. The molecule has 4 aromatic rings. The van der Waals surface area contributed by atoms with Crippen molar-refractivity contribution in [2.75, 3.05) is 18.4 Å². The highest BCUT2D eigenvalue weighted by molar-refractivity contribution is 6.36. The van der Waals surface area contributed by atoms with Gasteiger partial charge in [-0.25, -0.2) is 9.97 Å². The number of nitrogens with one attached hydrogen (secondary N) is 3. The SMILES string of the molecule is C[C@@H](NC(=O)c1ccc(Nc2nccn3c(-c4cn[nH]c4C(F)(F)F)cnc23)c(OC=O)c1Cl)C(=O)N1CC(N)C1. The van der Waals surface area contributed by atoms with E-state index in [4.69, 9.17) is 22.1 Å². The second-order valence-corrected chi connectivity index (χ2v) is 9.49. The zero-order chi connectivity index (χ0) is 29.5. The Morgan fingerprint density at radius 2 is 2.02 bits per heavy atom. The van der Waals surface area contributed by atoms with Crippen LogP contribution in [0.3, 0.4) is 0 Å². The lowest BCUT2D eigenvalue weighted by Crippen LogP contribution is -2.61. The number of imidazole rings is 1. The molecule has 5 N–H and O–H groups in total. The Bertz CT molecular complexity index is 1650. The van der Waals surface area contributed by atoms with Gasteiger partial charge in [-0.2, -0.15) is 18.3 Å². The Kier molecular flexibility index (Phi) is 7.27. The number of hydrogen-bond donors (Lipinski definition) is 4. The van der Waals surface area contributed by atoms with Gasteiger partial charge < -0.3 is 26.0 Å². The zero-order valence-electron chi connectivity index (χ0n) is 21.1. The summed E-state index contributed by atoms with van der Waals surface area (Å²) in [6, 6.07) is 1.75. The van der Waals surface area contributed by atoms with Gasteiger partial charge in [-0.05, 0) is 19.1 Å². The summed E-state index contributed by atoms with van der Waals surface area (Å²) >= 11 is 6.43. The van der Waals surface area contributed by atoms with Gasteiger partial charge in [0.05, 0.1) is 39.9 Å². The smallest absolute Gasteiger partial charge is 0.425 e. The van der Waals surface area contributed by atoms with Crippen LogP contribution in [0.1, 0.15) is 23.0 Å². The fourth-order valence-electron chi connectivity index (χ4n) is 4.33.